The average molecular weight is 416 g/mol. The highest BCUT2D eigenvalue weighted by atomic mass is 35.5. The predicted octanol–water partition coefficient (Wildman–Crippen LogP) is 3.69. The van der Waals surface area contributed by atoms with Crippen molar-refractivity contribution < 1.29 is 23.6 Å². The van der Waals surface area contributed by atoms with Crippen LogP contribution in [0.2, 0.25) is 5.02 Å². The third-order valence-electron chi connectivity index (χ3n) is 3.99. The summed E-state index contributed by atoms with van der Waals surface area (Å²) in [6.07, 6.45) is 0. The van der Waals surface area contributed by atoms with Crippen LogP contribution in [0.3, 0.4) is 0 Å². The highest BCUT2D eigenvalue weighted by molar-refractivity contribution is 6.33. The topological polar surface area (TPSA) is 117 Å². The average Bonchev–Trinajstić information content (AvgIpc) is 3.16. The number of carbonyl (C=O) groups is 2. The van der Waals surface area contributed by atoms with Gasteiger partial charge in [0.2, 0.25) is 5.88 Å². The maximum Gasteiger partial charge on any atom is 0.342 e. The quantitative estimate of drug-likeness (QED) is 0.465. The Labute approximate surface area is 171 Å². The molecule has 3 rings (SSSR count). The van der Waals surface area contributed by atoms with Gasteiger partial charge in [-0.05, 0) is 13.0 Å². The maximum atomic E-state index is 12.2. The first-order valence-electron chi connectivity index (χ1n) is 8.51. The molecule has 9 heteroatoms. The van der Waals surface area contributed by atoms with Crippen LogP contribution in [0, 0.1) is 6.92 Å². The minimum absolute atomic E-state index is 0.0563. The summed E-state index contributed by atoms with van der Waals surface area (Å²) >= 11 is 5.93. The largest absolute Gasteiger partial charge is 0.496 e. The molecule has 0 spiro atoms. The van der Waals surface area contributed by atoms with Gasteiger partial charge in [0.05, 0.1) is 17.8 Å². The Hall–Kier alpha value is -3.52. The number of amides is 1. The third kappa shape index (κ3) is 4.85. The van der Waals surface area contributed by atoms with Crippen LogP contribution in [-0.2, 0) is 9.53 Å². The number of hydrogen-bond donors (Lipinski definition) is 2. The molecule has 150 valence electrons. The lowest BCUT2D eigenvalue weighted by molar-refractivity contribution is -0.119. The zero-order valence-corrected chi connectivity index (χ0v) is 16.4. The van der Waals surface area contributed by atoms with Crippen LogP contribution >= 0.6 is 11.6 Å². The normalized spacial score (nSPS) is 10.4. The van der Waals surface area contributed by atoms with Crippen molar-refractivity contribution in [2.75, 3.05) is 24.8 Å². The van der Waals surface area contributed by atoms with Crippen LogP contribution < -0.4 is 15.8 Å². The number of esters is 1. The molecule has 8 nitrogen and oxygen atoms in total. The summed E-state index contributed by atoms with van der Waals surface area (Å²) in [5, 5.41) is 6.56. The molecule has 1 aromatic heterocycles. The smallest absolute Gasteiger partial charge is 0.342 e. The minimum atomic E-state index is -0.781. The molecule has 0 saturated carbocycles. The summed E-state index contributed by atoms with van der Waals surface area (Å²) in [6.45, 7) is 1.44. The molecule has 2 aromatic carbocycles. The third-order valence-corrected chi connectivity index (χ3v) is 4.32. The summed E-state index contributed by atoms with van der Waals surface area (Å²) in [6, 6.07) is 12.0. The number of nitrogens with two attached hydrogens (primary N) is 1. The van der Waals surface area contributed by atoms with Crippen LogP contribution in [0.1, 0.15) is 15.9 Å². The Balaban J connectivity index is 1.60. The molecule has 0 bridgehead atoms. The zero-order chi connectivity index (χ0) is 21.0. The number of ether oxygens (including phenoxy) is 2. The van der Waals surface area contributed by atoms with E-state index in [1.807, 2.05) is 31.2 Å². The van der Waals surface area contributed by atoms with Gasteiger partial charge in [0, 0.05) is 17.7 Å². The van der Waals surface area contributed by atoms with Crippen molar-refractivity contribution in [3.05, 3.63) is 58.6 Å². The van der Waals surface area contributed by atoms with Gasteiger partial charge in [-0.3, -0.25) is 10.1 Å². The van der Waals surface area contributed by atoms with E-state index in [-0.39, 0.29) is 27.9 Å². The van der Waals surface area contributed by atoms with Crippen LogP contribution in [0.15, 0.2) is 47.0 Å². The summed E-state index contributed by atoms with van der Waals surface area (Å²) in [5.74, 6) is -1.05. The Bertz CT molecular complexity index is 1050. The number of nitrogens with zero attached hydrogens (tertiary/aromatic N) is 1. The van der Waals surface area contributed by atoms with Crippen LogP contribution in [0.4, 0.5) is 11.6 Å². The first-order valence-corrected chi connectivity index (χ1v) is 8.89. The lowest BCUT2D eigenvalue weighted by Gasteiger charge is -2.10. The fourth-order valence-corrected chi connectivity index (χ4v) is 2.64. The van der Waals surface area contributed by atoms with E-state index in [0.29, 0.717) is 5.69 Å². The molecular formula is C20H18ClN3O5. The van der Waals surface area contributed by atoms with Crippen molar-refractivity contribution in [1.82, 2.24) is 5.16 Å². The zero-order valence-electron chi connectivity index (χ0n) is 15.7. The number of anilines is 2. The number of carbonyl (C=O) groups excluding carboxylic acids is 2. The van der Waals surface area contributed by atoms with E-state index in [1.54, 1.807) is 6.07 Å². The van der Waals surface area contributed by atoms with Crippen LogP contribution in [-0.4, -0.2) is 30.7 Å². The Morgan fingerprint density at radius 1 is 1.21 bits per heavy atom. The lowest BCUT2D eigenvalue weighted by atomic mass is 10.1. The van der Waals surface area contributed by atoms with E-state index < -0.39 is 18.5 Å². The predicted molar refractivity (Wildman–Crippen MR) is 108 cm³/mol. The van der Waals surface area contributed by atoms with Gasteiger partial charge in [-0.1, -0.05) is 46.6 Å². The molecular weight excluding hydrogens is 398 g/mol. The van der Waals surface area contributed by atoms with Crippen molar-refractivity contribution in [2.24, 2.45) is 0 Å². The number of nitrogens with one attached hydrogen (secondary N) is 1. The monoisotopic (exact) mass is 415 g/mol. The van der Waals surface area contributed by atoms with Crippen molar-refractivity contribution in [3.63, 3.8) is 0 Å². The first-order chi connectivity index (χ1) is 13.9. The molecule has 0 atom stereocenters. The van der Waals surface area contributed by atoms with Gasteiger partial charge < -0.3 is 19.7 Å². The molecule has 0 unspecified atom stereocenters. The second kappa shape index (κ2) is 8.66. The highest BCUT2D eigenvalue weighted by Crippen LogP contribution is 2.29. The van der Waals surface area contributed by atoms with Crippen molar-refractivity contribution in [1.29, 1.82) is 0 Å². The number of aromatic nitrogens is 1. The van der Waals surface area contributed by atoms with Gasteiger partial charge in [-0.15, -0.1) is 0 Å². The minimum Gasteiger partial charge on any atom is -0.496 e. The van der Waals surface area contributed by atoms with Gasteiger partial charge >= 0.3 is 5.97 Å². The highest BCUT2D eigenvalue weighted by Gasteiger charge is 2.18. The Kier molecular flexibility index (Phi) is 6.04. The molecule has 0 fully saturated rings. The summed E-state index contributed by atoms with van der Waals surface area (Å²) in [5.41, 5.74) is 8.52. The molecule has 1 heterocycles. The van der Waals surface area contributed by atoms with E-state index in [2.05, 4.69) is 10.5 Å². The van der Waals surface area contributed by atoms with Crippen LogP contribution in [0.25, 0.3) is 11.3 Å². The second-order valence-corrected chi connectivity index (χ2v) is 6.55. The lowest BCUT2D eigenvalue weighted by Crippen LogP contribution is -2.21. The van der Waals surface area contributed by atoms with E-state index in [1.165, 1.54) is 19.2 Å². The SMILES string of the molecule is COc1cc(N)c(Cl)cc1C(=O)OCC(=O)Nc1cc(-c2ccc(C)cc2)no1. The molecule has 3 aromatic rings. The molecule has 1 amide bonds. The van der Waals surface area contributed by atoms with Crippen LogP contribution in [0.5, 0.6) is 5.75 Å². The summed E-state index contributed by atoms with van der Waals surface area (Å²) in [4.78, 5) is 24.3. The van der Waals surface area contributed by atoms with Crippen molar-refractivity contribution in [3.8, 4) is 17.0 Å². The molecule has 0 saturated heterocycles. The fourth-order valence-electron chi connectivity index (χ4n) is 2.47. The summed E-state index contributed by atoms with van der Waals surface area (Å²) < 4.78 is 15.2. The number of nitrogen functional groups attached to an aromatic ring is 1. The first kappa shape index (κ1) is 20.2. The van der Waals surface area contributed by atoms with E-state index in [4.69, 9.17) is 31.3 Å². The molecule has 0 radical (unpaired) electrons. The Morgan fingerprint density at radius 2 is 1.93 bits per heavy atom. The van der Waals surface area contributed by atoms with E-state index in [9.17, 15) is 9.59 Å². The van der Waals surface area contributed by atoms with Crippen molar-refractivity contribution >= 4 is 35.0 Å². The molecule has 3 N–H and O–H groups in total. The second-order valence-electron chi connectivity index (χ2n) is 6.14. The number of benzene rings is 2. The maximum absolute atomic E-state index is 12.2. The molecule has 0 aliphatic heterocycles. The molecule has 29 heavy (non-hydrogen) atoms. The van der Waals surface area contributed by atoms with Crippen molar-refractivity contribution in [2.45, 2.75) is 6.92 Å². The van der Waals surface area contributed by atoms with Gasteiger partial charge in [-0.25, -0.2) is 4.79 Å². The fraction of sp³-hybridized carbons (Fsp3) is 0.150. The van der Waals surface area contributed by atoms with E-state index in [0.717, 1.165) is 11.1 Å². The molecule has 0 aliphatic rings. The van der Waals surface area contributed by atoms with Gasteiger partial charge in [0.1, 0.15) is 17.0 Å². The standard InChI is InChI=1S/C20H18ClN3O5/c1-11-3-5-12(6-4-11)16-9-19(29-24-16)23-18(25)10-28-20(26)13-7-14(21)15(22)8-17(13)27-2/h3-9H,10,22H2,1-2H3,(H,23,25). The summed E-state index contributed by atoms with van der Waals surface area (Å²) in [7, 11) is 1.38. The molecule has 0 aliphatic carbocycles. The van der Waals surface area contributed by atoms with Gasteiger partial charge in [0.15, 0.2) is 6.61 Å². The van der Waals surface area contributed by atoms with Gasteiger partial charge in [0.25, 0.3) is 5.91 Å². The van der Waals surface area contributed by atoms with Gasteiger partial charge in [-0.2, -0.15) is 0 Å². The van der Waals surface area contributed by atoms with E-state index >= 15 is 0 Å². The Morgan fingerprint density at radius 3 is 2.62 bits per heavy atom. The number of halogens is 1. The number of aryl methyl sites for hydroxylation is 1. The number of hydrogen-bond acceptors (Lipinski definition) is 7. The number of methoxy groups -OCH3 is 1. The number of rotatable bonds is 6.